The number of aliphatic hydroxyl groups is 2. The highest BCUT2D eigenvalue weighted by Gasteiger charge is 2.65. The normalized spacial score (nSPS) is 34.0. The van der Waals surface area contributed by atoms with Crippen LogP contribution in [-0.2, 0) is 11.3 Å². The van der Waals surface area contributed by atoms with Gasteiger partial charge in [0.05, 0.1) is 0 Å². The van der Waals surface area contributed by atoms with Gasteiger partial charge < -0.3 is 10.2 Å². The van der Waals surface area contributed by atoms with E-state index in [1.165, 1.54) is 0 Å². The zero-order chi connectivity index (χ0) is 15.7. The van der Waals surface area contributed by atoms with E-state index in [0.717, 1.165) is 53.6 Å². The van der Waals surface area contributed by atoms with E-state index in [2.05, 4.69) is 0 Å². The summed E-state index contributed by atoms with van der Waals surface area (Å²) in [7, 11) is 0. The first-order valence-electron chi connectivity index (χ1n) is 8.39. The van der Waals surface area contributed by atoms with Crippen LogP contribution in [0, 0.1) is 5.92 Å². The van der Waals surface area contributed by atoms with Gasteiger partial charge in [-0.15, -0.1) is 0 Å². The minimum atomic E-state index is -1.57. The van der Waals surface area contributed by atoms with Crippen LogP contribution in [0.5, 0.6) is 0 Å². The van der Waals surface area contributed by atoms with Crippen molar-refractivity contribution in [1.29, 1.82) is 0 Å². The number of aliphatic imine (C=N–C) groups is 1. The molecule has 1 fully saturated rings. The Hall–Kier alpha value is -1.97. The molecular weight excluding hydrogens is 286 g/mol. The van der Waals surface area contributed by atoms with Crippen LogP contribution < -0.4 is 0 Å². The van der Waals surface area contributed by atoms with Crippen LogP contribution in [0.2, 0.25) is 0 Å². The summed E-state index contributed by atoms with van der Waals surface area (Å²) in [6, 6.07) is 15.7. The van der Waals surface area contributed by atoms with Gasteiger partial charge in [-0.2, -0.15) is 0 Å². The Bertz CT molecular complexity index is 843. The summed E-state index contributed by atoms with van der Waals surface area (Å²) in [5.41, 5.74) is 1.58. The summed E-state index contributed by atoms with van der Waals surface area (Å²) in [6.45, 7) is 0. The van der Waals surface area contributed by atoms with E-state index >= 15 is 0 Å². The van der Waals surface area contributed by atoms with Crippen LogP contribution in [-0.4, -0.2) is 15.9 Å². The van der Waals surface area contributed by atoms with Crippen molar-refractivity contribution in [2.45, 2.75) is 37.0 Å². The topological polar surface area (TPSA) is 52.8 Å². The first kappa shape index (κ1) is 13.5. The van der Waals surface area contributed by atoms with E-state index < -0.39 is 11.3 Å². The second-order valence-corrected chi connectivity index (χ2v) is 6.93. The maximum absolute atomic E-state index is 11.8. The van der Waals surface area contributed by atoms with E-state index in [4.69, 9.17) is 4.99 Å². The Morgan fingerprint density at radius 3 is 2.30 bits per heavy atom. The molecule has 1 aliphatic heterocycles. The number of rotatable bonds is 0. The molecule has 116 valence electrons. The molecule has 0 spiro atoms. The Kier molecular flexibility index (Phi) is 2.52. The van der Waals surface area contributed by atoms with Crippen molar-refractivity contribution < 1.29 is 10.2 Å². The number of hydrogen-bond acceptors (Lipinski definition) is 3. The third-order valence-corrected chi connectivity index (χ3v) is 5.85. The summed E-state index contributed by atoms with van der Waals surface area (Å²) in [6.07, 6.45) is 3.92. The number of hydrogen-bond donors (Lipinski definition) is 2. The van der Waals surface area contributed by atoms with Crippen LogP contribution in [0.15, 0.2) is 53.5 Å². The SMILES string of the molecule is O[C@@]12c3ccccc3-c3ccccc3[C@@]1(O)N=C1CCCC[C@@H]12. The van der Waals surface area contributed by atoms with Crippen LogP contribution >= 0.6 is 0 Å². The molecule has 3 atom stereocenters. The molecule has 1 saturated carbocycles. The second-order valence-electron chi connectivity index (χ2n) is 6.93. The highest BCUT2D eigenvalue weighted by atomic mass is 16.4. The first-order valence-corrected chi connectivity index (χ1v) is 8.39. The maximum Gasteiger partial charge on any atom is 0.216 e. The lowest BCUT2D eigenvalue weighted by Crippen LogP contribution is -2.52. The highest BCUT2D eigenvalue weighted by molar-refractivity contribution is 5.94. The standard InChI is InChI=1S/C20H19NO2/c22-19-15-9-3-1-7-13(15)14-8-2-4-10-16(14)20(19,23)21-18-12-6-5-11-17(18)19/h1-4,7-10,17,22-23H,5-6,11-12H2/t17-,19+,20-/m0/s1. The van der Waals surface area contributed by atoms with Crippen molar-refractivity contribution in [2.75, 3.05) is 0 Å². The van der Waals surface area contributed by atoms with E-state index in [1.807, 2.05) is 48.5 Å². The molecule has 0 radical (unpaired) electrons. The maximum atomic E-state index is 11.8. The quantitative estimate of drug-likeness (QED) is 0.784. The molecule has 3 aliphatic rings. The fraction of sp³-hybridized carbons (Fsp3) is 0.350. The Balaban J connectivity index is 1.89. The molecule has 2 aliphatic carbocycles. The van der Waals surface area contributed by atoms with Gasteiger partial charge in [0.1, 0.15) is 0 Å². The molecular formula is C20H19NO2. The number of benzene rings is 2. The van der Waals surface area contributed by atoms with E-state index in [1.54, 1.807) is 0 Å². The molecule has 3 heteroatoms. The summed E-state index contributed by atoms with van der Waals surface area (Å²) >= 11 is 0. The molecule has 0 aromatic heterocycles. The van der Waals surface area contributed by atoms with Crippen LogP contribution in [0.25, 0.3) is 11.1 Å². The molecule has 0 unspecified atom stereocenters. The Morgan fingerprint density at radius 2 is 1.52 bits per heavy atom. The summed E-state index contributed by atoms with van der Waals surface area (Å²) in [5.74, 6) is -0.0873. The molecule has 0 bridgehead atoms. The molecule has 5 rings (SSSR count). The fourth-order valence-corrected chi connectivity index (χ4v) is 4.83. The van der Waals surface area contributed by atoms with Gasteiger partial charge in [0.2, 0.25) is 5.72 Å². The van der Waals surface area contributed by atoms with Gasteiger partial charge in [-0.1, -0.05) is 55.0 Å². The zero-order valence-corrected chi connectivity index (χ0v) is 12.9. The fourth-order valence-electron chi connectivity index (χ4n) is 4.83. The third kappa shape index (κ3) is 1.45. The summed E-state index contributed by atoms with van der Waals surface area (Å²) in [4.78, 5) is 4.70. The highest BCUT2D eigenvalue weighted by Crippen LogP contribution is 2.60. The lowest BCUT2D eigenvalue weighted by atomic mass is 9.63. The first-order chi connectivity index (χ1) is 11.2. The van der Waals surface area contributed by atoms with E-state index in [-0.39, 0.29) is 5.92 Å². The Labute approximate surface area is 135 Å². The van der Waals surface area contributed by atoms with Crippen LogP contribution in [0.3, 0.4) is 0 Å². The lowest BCUT2D eigenvalue weighted by molar-refractivity contribution is -0.169. The van der Waals surface area contributed by atoms with Crippen molar-refractivity contribution in [1.82, 2.24) is 0 Å². The molecule has 2 aromatic carbocycles. The molecule has 1 heterocycles. The predicted molar refractivity (Wildman–Crippen MR) is 89.1 cm³/mol. The number of fused-ring (bicyclic) bond motifs is 8. The average molecular weight is 305 g/mol. The molecule has 2 N–H and O–H groups in total. The van der Waals surface area contributed by atoms with E-state index in [9.17, 15) is 10.2 Å². The predicted octanol–water partition coefficient (Wildman–Crippen LogP) is 3.34. The largest absolute Gasteiger partial charge is 0.379 e. The van der Waals surface area contributed by atoms with Gasteiger partial charge in [-0.3, -0.25) is 4.99 Å². The average Bonchev–Trinajstić information content (AvgIpc) is 2.85. The van der Waals surface area contributed by atoms with Gasteiger partial charge in [0.15, 0.2) is 5.60 Å². The number of nitrogens with zero attached hydrogens (tertiary/aromatic N) is 1. The van der Waals surface area contributed by atoms with Crippen molar-refractivity contribution in [3.63, 3.8) is 0 Å². The second kappa shape index (κ2) is 4.31. The van der Waals surface area contributed by atoms with Crippen molar-refractivity contribution >= 4 is 5.71 Å². The molecule has 0 amide bonds. The summed E-state index contributed by atoms with van der Waals surface area (Å²) < 4.78 is 0. The molecule has 23 heavy (non-hydrogen) atoms. The van der Waals surface area contributed by atoms with E-state index in [0.29, 0.717) is 0 Å². The summed E-state index contributed by atoms with van der Waals surface area (Å²) in [5, 5.41) is 23.4. The van der Waals surface area contributed by atoms with Gasteiger partial charge in [-0.25, -0.2) is 0 Å². The van der Waals surface area contributed by atoms with Gasteiger partial charge in [-0.05, 0) is 36.0 Å². The minimum Gasteiger partial charge on any atom is -0.379 e. The molecule has 2 aromatic rings. The minimum absolute atomic E-state index is 0.0873. The smallest absolute Gasteiger partial charge is 0.216 e. The molecule has 0 saturated heterocycles. The van der Waals surface area contributed by atoms with Crippen LogP contribution in [0.1, 0.15) is 36.8 Å². The van der Waals surface area contributed by atoms with Gasteiger partial charge in [0.25, 0.3) is 0 Å². The van der Waals surface area contributed by atoms with Gasteiger partial charge >= 0.3 is 0 Å². The Morgan fingerprint density at radius 1 is 0.870 bits per heavy atom. The lowest BCUT2D eigenvalue weighted by Gasteiger charge is -2.46. The third-order valence-electron chi connectivity index (χ3n) is 5.85. The van der Waals surface area contributed by atoms with Crippen molar-refractivity contribution in [3.05, 3.63) is 59.7 Å². The zero-order valence-electron chi connectivity index (χ0n) is 12.9. The molecule has 3 nitrogen and oxygen atoms in total. The van der Waals surface area contributed by atoms with Crippen molar-refractivity contribution in [3.8, 4) is 11.1 Å². The monoisotopic (exact) mass is 305 g/mol. The van der Waals surface area contributed by atoms with Crippen LogP contribution in [0.4, 0.5) is 0 Å². The van der Waals surface area contributed by atoms with Gasteiger partial charge in [0, 0.05) is 17.2 Å². The van der Waals surface area contributed by atoms with Crippen molar-refractivity contribution in [2.24, 2.45) is 10.9 Å².